The third-order valence-corrected chi connectivity index (χ3v) is 3.18. The van der Waals surface area contributed by atoms with Crippen LogP contribution in [0.25, 0.3) is 11.0 Å². The van der Waals surface area contributed by atoms with Crippen molar-refractivity contribution in [1.29, 1.82) is 0 Å². The molecule has 1 saturated heterocycles. The molecular weight excluding hydrogens is 244 g/mol. The minimum Gasteiger partial charge on any atom is -0.451 e. The highest BCUT2D eigenvalue weighted by Gasteiger charge is 2.23. The molecular formula is C14H14N2O3. The second kappa shape index (κ2) is 4.76. The third kappa shape index (κ3) is 2.31. The van der Waals surface area contributed by atoms with Crippen molar-refractivity contribution in [3.05, 3.63) is 36.1 Å². The molecule has 2 amide bonds. The molecule has 0 atom stereocenters. The van der Waals surface area contributed by atoms with Crippen molar-refractivity contribution in [1.82, 2.24) is 10.2 Å². The fourth-order valence-electron chi connectivity index (χ4n) is 2.22. The van der Waals surface area contributed by atoms with Gasteiger partial charge < -0.3 is 14.6 Å². The largest absolute Gasteiger partial charge is 0.451 e. The van der Waals surface area contributed by atoms with Gasteiger partial charge in [-0.3, -0.25) is 9.59 Å². The van der Waals surface area contributed by atoms with Crippen molar-refractivity contribution < 1.29 is 14.0 Å². The summed E-state index contributed by atoms with van der Waals surface area (Å²) in [7, 11) is 0. The number of benzene rings is 1. The van der Waals surface area contributed by atoms with Gasteiger partial charge in [-0.1, -0.05) is 18.2 Å². The Morgan fingerprint density at radius 3 is 3.00 bits per heavy atom. The first-order valence-corrected chi connectivity index (χ1v) is 6.28. The first-order chi connectivity index (χ1) is 9.24. The Kier molecular flexibility index (Phi) is 2.95. The van der Waals surface area contributed by atoms with Crippen LogP contribution >= 0.6 is 0 Å². The molecule has 1 aliphatic rings. The maximum Gasteiger partial charge on any atom is 0.290 e. The SMILES string of the molecule is O=C1CN(C(=O)c2cc3ccccc3o2)CCCN1. The molecule has 0 radical (unpaired) electrons. The van der Waals surface area contributed by atoms with Crippen molar-refractivity contribution >= 4 is 22.8 Å². The van der Waals surface area contributed by atoms with E-state index in [-0.39, 0.29) is 24.1 Å². The smallest absolute Gasteiger partial charge is 0.290 e. The highest BCUT2D eigenvalue weighted by Crippen LogP contribution is 2.20. The van der Waals surface area contributed by atoms with E-state index in [0.717, 1.165) is 11.8 Å². The Bertz CT molecular complexity index is 599. The lowest BCUT2D eigenvalue weighted by atomic mass is 10.2. The molecule has 1 aliphatic heterocycles. The lowest BCUT2D eigenvalue weighted by Gasteiger charge is -2.17. The monoisotopic (exact) mass is 258 g/mol. The quantitative estimate of drug-likeness (QED) is 0.841. The number of carbonyl (C=O) groups is 2. The molecule has 1 N–H and O–H groups in total. The molecule has 1 aromatic carbocycles. The van der Waals surface area contributed by atoms with Crippen LogP contribution in [-0.2, 0) is 4.79 Å². The summed E-state index contributed by atoms with van der Waals surface area (Å²) < 4.78 is 5.54. The summed E-state index contributed by atoms with van der Waals surface area (Å²) in [6, 6.07) is 9.19. The van der Waals surface area contributed by atoms with Crippen molar-refractivity contribution in [3.8, 4) is 0 Å². The van der Waals surface area contributed by atoms with Gasteiger partial charge in [0, 0.05) is 18.5 Å². The number of hydrogen-bond acceptors (Lipinski definition) is 3. The molecule has 3 rings (SSSR count). The van der Waals surface area contributed by atoms with Gasteiger partial charge in [0.15, 0.2) is 5.76 Å². The van der Waals surface area contributed by atoms with Crippen LogP contribution in [0.5, 0.6) is 0 Å². The van der Waals surface area contributed by atoms with Gasteiger partial charge in [-0.15, -0.1) is 0 Å². The lowest BCUT2D eigenvalue weighted by molar-refractivity contribution is -0.121. The minimum atomic E-state index is -0.228. The highest BCUT2D eigenvalue weighted by molar-refractivity contribution is 5.97. The third-order valence-electron chi connectivity index (χ3n) is 3.18. The number of furan rings is 1. The van der Waals surface area contributed by atoms with E-state index in [1.165, 1.54) is 4.90 Å². The van der Waals surface area contributed by atoms with Crippen LogP contribution in [0, 0.1) is 0 Å². The molecule has 0 unspecified atom stereocenters. The first kappa shape index (κ1) is 11.8. The fraction of sp³-hybridized carbons (Fsp3) is 0.286. The minimum absolute atomic E-state index is 0.0931. The van der Waals surface area contributed by atoms with Crippen molar-refractivity contribution in [2.45, 2.75) is 6.42 Å². The molecule has 0 saturated carbocycles. The van der Waals surface area contributed by atoms with Crippen molar-refractivity contribution in [2.75, 3.05) is 19.6 Å². The van der Waals surface area contributed by atoms with Crippen molar-refractivity contribution in [2.24, 2.45) is 0 Å². The van der Waals surface area contributed by atoms with Gasteiger partial charge in [0.2, 0.25) is 5.91 Å². The van der Waals surface area contributed by atoms with E-state index in [2.05, 4.69) is 5.32 Å². The van der Waals surface area contributed by atoms with Crippen molar-refractivity contribution in [3.63, 3.8) is 0 Å². The van der Waals surface area contributed by atoms with Gasteiger partial charge in [0.1, 0.15) is 5.58 Å². The Balaban J connectivity index is 1.87. The maximum atomic E-state index is 12.3. The number of fused-ring (bicyclic) bond motifs is 1. The van der Waals surface area contributed by atoms with E-state index in [1.54, 1.807) is 6.07 Å². The van der Waals surface area contributed by atoms with Gasteiger partial charge >= 0.3 is 0 Å². The molecule has 98 valence electrons. The summed E-state index contributed by atoms with van der Waals surface area (Å²) in [5, 5.41) is 3.64. The molecule has 1 fully saturated rings. The number of hydrogen-bond donors (Lipinski definition) is 1. The zero-order chi connectivity index (χ0) is 13.2. The zero-order valence-corrected chi connectivity index (χ0v) is 10.4. The van der Waals surface area contributed by atoms with E-state index in [9.17, 15) is 9.59 Å². The van der Waals surface area contributed by atoms with E-state index < -0.39 is 0 Å². The van der Waals surface area contributed by atoms with Crippen LogP contribution in [0.4, 0.5) is 0 Å². The van der Waals surface area contributed by atoms with Crippen LogP contribution in [0.3, 0.4) is 0 Å². The molecule has 5 nitrogen and oxygen atoms in total. The Morgan fingerprint density at radius 2 is 2.16 bits per heavy atom. The van der Waals surface area contributed by atoms with E-state index >= 15 is 0 Å². The summed E-state index contributed by atoms with van der Waals surface area (Å²) in [5.41, 5.74) is 0.685. The topological polar surface area (TPSA) is 62.6 Å². The standard InChI is InChI=1S/C14H14N2O3/c17-13-9-16(7-3-6-15-13)14(18)12-8-10-4-1-2-5-11(10)19-12/h1-2,4-5,8H,3,6-7,9H2,(H,15,17). The van der Waals surface area contributed by atoms with E-state index in [1.807, 2.05) is 24.3 Å². The molecule has 2 heterocycles. The van der Waals surface area contributed by atoms with Gasteiger partial charge in [0.05, 0.1) is 6.54 Å². The summed E-state index contributed by atoms with van der Waals surface area (Å²) in [6.45, 7) is 1.27. The normalized spacial score (nSPS) is 16.2. The Morgan fingerprint density at radius 1 is 1.32 bits per heavy atom. The fourth-order valence-corrected chi connectivity index (χ4v) is 2.22. The molecule has 0 bridgehead atoms. The second-order valence-corrected chi connectivity index (χ2v) is 4.58. The Labute approximate surface area is 110 Å². The molecule has 19 heavy (non-hydrogen) atoms. The average molecular weight is 258 g/mol. The number of nitrogens with one attached hydrogen (secondary N) is 1. The predicted octanol–water partition coefficient (Wildman–Crippen LogP) is 1.39. The number of rotatable bonds is 1. The summed E-state index contributed by atoms with van der Waals surface area (Å²) in [4.78, 5) is 25.3. The number of carbonyl (C=O) groups excluding carboxylic acids is 2. The predicted molar refractivity (Wildman–Crippen MR) is 69.7 cm³/mol. The molecule has 5 heteroatoms. The van der Waals surface area contributed by atoms with Crippen LogP contribution in [0.1, 0.15) is 17.0 Å². The summed E-state index contributed by atoms with van der Waals surface area (Å²) in [6.07, 6.45) is 0.762. The number of nitrogens with zero attached hydrogens (tertiary/aromatic N) is 1. The summed E-state index contributed by atoms with van der Waals surface area (Å²) >= 11 is 0. The second-order valence-electron chi connectivity index (χ2n) is 4.58. The van der Waals surface area contributed by atoms with Gasteiger partial charge in [-0.2, -0.15) is 0 Å². The van der Waals surface area contributed by atoms with Gasteiger partial charge in [-0.25, -0.2) is 0 Å². The first-order valence-electron chi connectivity index (χ1n) is 6.28. The maximum absolute atomic E-state index is 12.3. The average Bonchev–Trinajstić information content (AvgIpc) is 2.73. The van der Waals surface area contributed by atoms with Gasteiger partial charge in [-0.05, 0) is 18.6 Å². The highest BCUT2D eigenvalue weighted by atomic mass is 16.3. The molecule has 0 aliphatic carbocycles. The van der Waals surface area contributed by atoms with Crippen LogP contribution < -0.4 is 5.32 Å². The Hall–Kier alpha value is -2.30. The van der Waals surface area contributed by atoms with E-state index in [0.29, 0.717) is 18.7 Å². The zero-order valence-electron chi connectivity index (χ0n) is 10.4. The lowest BCUT2D eigenvalue weighted by Crippen LogP contribution is -2.37. The summed E-state index contributed by atoms with van der Waals surface area (Å²) in [5.74, 6) is -0.0638. The van der Waals surface area contributed by atoms with Crippen LogP contribution in [-0.4, -0.2) is 36.3 Å². The van der Waals surface area contributed by atoms with Crippen LogP contribution in [0.2, 0.25) is 0 Å². The molecule has 0 spiro atoms. The number of para-hydroxylation sites is 1. The van der Waals surface area contributed by atoms with Gasteiger partial charge in [0.25, 0.3) is 5.91 Å². The molecule has 1 aromatic heterocycles. The van der Waals surface area contributed by atoms with Crippen LogP contribution in [0.15, 0.2) is 34.7 Å². The van der Waals surface area contributed by atoms with E-state index in [4.69, 9.17) is 4.42 Å². The number of amides is 2. The molecule has 2 aromatic rings.